The number of hydrogen-bond donors (Lipinski definition) is 3. The second-order valence-corrected chi connectivity index (χ2v) is 8.75. The van der Waals surface area contributed by atoms with Crippen LogP contribution in [0.25, 0.3) is 22.4 Å². The number of fused-ring (bicyclic) bond motifs is 1. The van der Waals surface area contributed by atoms with E-state index in [1.54, 1.807) is 36.4 Å². The normalized spacial score (nSPS) is 11.4. The smallest absolute Gasteiger partial charge is 0.338 e. The van der Waals surface area contributed by atoms with Gasteiger partial charge in [-0.05, 0) is 79.7 Å². The molecule has 0 radical (unpaired) electrons. The van der Waals surface area contributed by atoms with Crippen LogP contribution in [0.15, 0.2) is 91.0 Å². The Morgan fingerprint density at radius 3 is 2.08 bits per heavy atom. The number of amides is 2. The monoisotopic (exact) mass is 514 g/mol. The fourth-order valence-electron chi connectivity index (χ4n) is 3.97. The highest BCUT2D eigenvalue weighted by atomic mass is 19.4. The second kappa shape index (κ2) is 9.85. The predicted molar refractivity (Wildman–Crippen MR) is 140 cm³/mol. The third-order valence-corrected chi connectivity index (χ3v) is 5.89. The van der Waals surface area contributed by atoms with Gasteiger partial charge < -0.3 is 15.6 Å². The molecule has 6 nitrogen and oxygen atoms in total. The van der Waals surface area contributed by atoms with Gasteiger partial charge >= 0.3 is 6.18 Å². The van der Waals surface area contributed by atoms with Crippen molar-refractivity contribution in [2.24, 2.45) is 0 Å². The summed E-state index contributed by atoms with van der Waals surface area (Å²) in [5, 5.41) is 5.50. The first-order valence-corrected chi connectivity index (χ1v) is 11.6. The lowest BCUT2D eigenvalue weighted by Crippen LogP contribution is -2.13. The molecular weight excluding hydrogens is 493 g/mol. The molecule has 190 valence electrons. The van der Waals surface area contributed by atoms with Crippen LogP contribution < -0.4 is 10.6 Å². The van der Waals surface area contributed by atoms with E-state index in [4.69, 9.17) is 0 Å². The molecule has 0 saturated heterocycles. The topological polar surface area (TPSA) is 86.9 Å². The molecule has 0 atom stereocenters. The van der Waals surface area contributed by atoms with Gasteiger partial charge in [-0.25, -0.2) is 4.98 Å². The van der Waals surface area contributed by atoms with Gasteiger partial charge in [-0.1, -0.05) is 23.8 Å². The van der Waals surface area contributed by atoms with Crippen molar-refractivity contribution in [3.05, 3.63) is 113 Å². The maximum absolute atomic E-state index is 13.0. The molecule has 0 spiro atoms. The Bertz CT molecular complexity index is 1660. The minimum atomic E-state index is -4.54. The number of H-pyrrole nitrogens is 1. The number of rotatable bonds is 5. The summed E-state index contributed by atoms with van der Waals surface area (Å²) < 4.78 is 38.9. The number of carbonyl (C=O) groups is 2. The zero-order valence-electron chi connectivity index (χ0n) is 20.1. The summed E-state index contributed by atoms with van der Waals surface area (Å²) in [7, 11) is 0. The van der Waals surface area contributed by atoms with Crippen molar-refractivity contribution in [3.8, 4) is 11.4 Å². The highest BCUT2D eigenvalue weighted by Gasteiger charge is 2.30. The van der Waals surface area contributed by atoms with Crippen molar-refractivity contribution in [3.63, 3.8) is 0 Å². The fourth-order valence-corrected chi connectivity index (χ4v) is 3.97. The van der Waals surface area contributed by atoms with Crippen molar-refractivity contribution in [2.45, 2.75) is 13.1 Å². The van der Waals surface area contributed by atoms with Crippen molar-refractivity contribution in [1.82, 2.24) is 9.97 Å². The molecule has 0 bridgehead atoms. The molecule has 3 N–H and O–H groups in total. The number of aromatic nitrogens is 2. The first-order chi connectivity index (χ1) is 18.2. The minimum Gasteiger partial charge on any atom is -0.338 e. The molecule has 0 aliphatic rings. The largest absolute Gasteiger partial charge is 0.416 e. The van der Waals surface area contributed by atoms with Crippen molar-refractivity contribution < 1.29 is 22.8 Å². The summed E-state index contributed by atoms with van der Waals surface area (Å²) in [6, 6.07) is 23.7. The highest BCUT2D eigenvalue weighted by molar-refractivity contribution is 6.05. The Morgan fingerprint density at radius 2 is 1.39 bits per heavy atom. The van der Waals surface area contributed by atoms with E-state index in [0.29, 0.717) is 33.8 Å². The van der Waals surface area contributed by atoms with E-state index in [-0.39, 0.29) is 11.5 Å². The molecule has 1 aromatic heterocycles. The van der Waals surface area contributed by atoms with Gasteiger partial charge in [0.2, 0.25) is 0 Å². The SMILES string of the molecule is Cc1cccc(C(=O)Nc2ccc(-c3nc4ccc(NC(=O)c5cccc(C(F)(F)F)c5)cc4[nH]3)cc2)c1. The summed E-state index contributed by atoms with van der Waals surface area (Å²) in [5.74, 6) is -0.277. The summed E-state index contributed by atoms with van der Waals surface area (Å²) in [4.78, 5) is 32.8. The van der Waals surface area contributed by atoms with E-state index in [1.165, 1.54) is 12.1 Å². The molecule has 0 fully saturated rings. The van der Waals surface area contributed by atoms with Crippen LogP contribution >= 0.6 is 0 Å². The quantitative estimate of drug-likeness (QED) is 0.235. The average molecular weight is 515 g/mol. The van der Waals surface area contributed by atoms with Crippen molar-refractivity contribution >= 4 is 34.2 Å². The molecule has 0 saturated carbocycles. The molecule has 0 aliphatic carbocycles. The lowest BCUT2D eigenvalue weighted by atomic mass is 10.1. The van der Waals surface area contributed by atoms with E-state index in [2.05, 4.69) is 20.6 Å². The summed E-state index contributed by atoms with van der Waals surface area (Å²) in [6.45, 7) is 1.92. The van der Waals surface area contributed by atoms with Crippen LogP contribution in [0.2, 0.25) is 0 Å². The van der Waals surface area contributed by atoms with E-state index in [0.717, 1.165) is 23.3 Å². The molecule has 5 rings (SSSR count). The molecule has 0 aliphatic heterocycles. The Kier molecular flexibility index (Phi) is 6.42. The van der Waals surface area contributed by atoms with Crippen molar-refractivity contribution in [1.29, 1.82) is 0 Å². The Morgan fingerprint density at radius 1 is 0.763 bits per heavy atom. The zero-order valence-corrected chi connectivity index (χ0v) is 20.1. The lowest BCUT2D eigenvalue weighted by molar-refractivity contribution is -0.137. The average Bonchev–Trinajstić information content (AvgIpc) is 3.32. The molecule has 38 heavy (non-hydrogen) atoms. The number of benzene rings is 4. The number of hydrogen-bond acceptors (Lipinski definition) is 3. The van der Waals surface area contributed by atoms with Gasteiger partial charge in [0.05, 0.1) is 16.6 Å². The predicted octanol–water partition coefficient (Wildman–Crippen LogP) is 7.06. The summed E-state index contributed by atoms with van der Waals surface area (Å²) >= 11 is 0. The maximum Gasteiger partial charge on any atom is 0.416 e. The minimum absolute atomic E-state index is 0.0974. The maximum atomic E-state index is 13.0. The standard InChI is InChI=1S/C29H21F3N4O2/c1-17-4-2-5-19(14-17)27(37)33-22-10-8-18(9-11-22)26-35-24-13-12-23(16-25(24)36-26)34-28(38)20-6-3-7-21(15-20)29(30,31)32/h2-16H,1H3,(H,33,37)(H,34,38)(H,35,36). The van der Waals surface area contributed by atoms with Gasteiger partial charge in [-0.15, -0.1) is 0 Å². The summed E-state index contributed by atoms with van der Waals surface area (Å²) in [6.07, 6.45) is -4.54. The number of carbonyl (C=O) groups excluding carboxylic acids is 2. The van der Waals surface area contributed by atoms with E-state index in [9.17, 15) is 22.8 Å². The van der Waals surface area contributed by atoms with Crippen LogP contribution in [0.3, 0.4) is 0 Å². The number of aryl methyl sites for hydroxylation is 1. The van der Waals surface area contributed by atoms with Crippen LogP contribution in [-0.4, -0.2) is 21.8 Å². The Labute approximate surface area is 215 Å². The van der Waals surface area contributed by atoms with Crippen LogP contribution in [0.5, 0.6) is 0 Å². The van der Waals surface area contributed by atoms with Crippen LogP contribution in [-0.2, 0) is 6.18 Å². The number of nitrogens with one attached hydrogen (secondary N) is 3. The van der Waals surface area contributed by atoms with Gasteiger partial charge in [0.25, 0.3) is 11.8 Å². The highest BCUT2D eigenvalue weighted by Crippen LogP contribution is 2.30. The molecule has 4 aromatic carbocycles. The van der Waals surface area contributed by atoms with Crippen LogP contribution in [0.4, 0.5) is 24.5 Å². The molecular formula is C29H21F3N4O2. The van der Waals surface area contributed by atoms with Crippen LogP contribution in [0.1, 0.15) is 31.8 Å². The molecule has 1 heterocycles. The third-order valence-electron chi connectivity index (χ3n) is 5.89. The number of aromatic amines is 1. The molecule has 0 unspecified atom stereocenters. The number of anilines is 2. The summed E-state index contributed by atoms with van der Waals surface area (Å²) in [5.41, 5.74) is 3.69. The fraction of sp³-hybridized carbons (Fsp3) is 0.0690. The van der Waals surface area contributed by atoms with Gasteiger partial charge in [0.15, 0.2) is 0 Å². The number of halogens is 3. The Hall–Kier alpha value is -4.92. The van der Waals surface area contributed by atoms with Crippen LogP contribution in [0, 0.1) is 6.92 Å². The molecule has 9 heteroatoms. The first-order valence-electron chi connectivity index (χ1n) is 11.6. The Balaban J connectivity index is 1.30. The number of imidazole rings is 1. The van der Waals surface area contributed by atoms with Gasteiger partial charge in [-0.3, -0.25) is 9.59 Å². The second-order valence-electron chi connectivity index (χ2n) is 8.75. The van der Waals surface area contributed by atoms with Crippen molar-refractivity contribution in [2.75, 3.05) is 10.6 Å². The van der Waals surface area contributed by atoms with E-state index < -0.39 is 17.6 Å². The lowest BCUT2D eigenvalue weighted by Gasteiger charge is -2.09. The van der Waals surface area contributed by atoms with Gasteiger partial charge in [0.1, 0.15) is 5.82 Å². The third kappa shape index (κ3) is 5.41. The molecule has 5 aromatic rings. The van der Waals surface area contributed by atoms with E-state index >= 15 is 0 Å². The zero-order chi connectivity index (χ0) is 26.9. The number of alkyl halides is 3. The number of nitrogens with zero attached hydrogens (tertiary/aromatic N) is 1. The van der Waals surface area contributed by atoms with Gasteiger partial charge in [-0.2, -0.15) is 13.2 Å². The first kappa shape index (κ1) is 24.8. The van der Waals surface area contributed by atoms with Gasteiger partial charge in [0, 0.05) is 28.1 Å². The molecule has 2 amide bonds. The van der Waals surface area contributed by atoms with E-state index in [1.807, 2.05) is 37.3 Å².